The second-order valence-corrected chi connectivity index (χ2v) is 6.73. The maximum Gasteiger partial charge on any atom is 0.0149 e. The first-order chi connectivity index (χ1) is 9.04. The zero-order valence-corrected chi connectivity index (χ0v) is 14.1. The van der Waals surface area contributed by atoms with Crippen LogP contribution in [0.25, 0.3) is 0 Å². The fourth-order valence-corrected chi connectivity index (χ4v) is 2.62. The molecule has 0 aromatic heterocycles. The molecular weight excluding hydrogens is 230 g/mol. The monoisotopic (exact) mass is 269 g/mol. The minimum absolute atomic E-state index is 0.0410. The Labute approximate surface area is 122 Å². The molecule has 0 aliphatic carbocycles. The van der Waals surface area contributed by atoms with E-state index in [1.54, 1.807) is 0 Å². The Balaban J connectivity index is 3.27. The maximum atomic E-state index is 6.28. The van der Waals surface area contributed by atoms with Gasteiger partial charge in [-0.2, -0.15) is 0 Å². The zero-order chi connectivity index (χ0) is 14.6. The molecule has 0 bridgehead atoms. The first kappa shape index (κ1) is 19.0. The largest absolute Gasteiger partial charge is 0.325 e. The predicted molar refractivity (Wildman–Crippen MR) is 88.5 cm³/mol. The van der Waals surface area contributed by atoms with Gasteiger partial charge in [-0.3, -0.25) is 0 Å². The van der Waals surface area contributed by atoms with E-state index < -0.39 is 0 Å². The molecule has 0 heterocycles. The standard InChI is InChI=1S/C18H39N/c1-5-7-8-9-10-11-12-13-14-15-16-17(3)18(4,19)6-2/h17H,5-16,19H2,1-4H3. The van der Waals surface area contributed by atoms with Crippen LogP contribution in [0.1, 0.15) is 105 Å². The molecule has 0 radical (unpaired) electrons. The summed E-state index contributed by atoms with van der Waals surface area (Å²) >= 11 is 0. The van der Waals surface area contributed by atoms with Crippen LogP contribution in [0.15, 0.2) is 0 Å². The lowest BCUT2D eigenvalue weighted by atomic mass is 9.82. The van der Waals surface area contributed by atoms with Crippen molar-refractivity contribution in [3.63, 3.8) is 0 Å². The van der Waals surface area contributed by atoms with Gasteiger partial charge in [0.05, 0.1) is 0 Å². The van der Waals surface area contributed by atoms with Crippen LogP contribution in [0.5, 0.6) is 0 Å². The Hall–Kier alpha value is -0.0400. The van der Waals surface area contributed by atoms with Crippen LogP contribution in [-0.4, -0.2) is 5.54 Å². The molecule has 2 N–H and O–H groups in total. The van der Waals surface area contributed by atoms with Gasteiger partial charge in [0.15, 0.2) is 0 Å². The van der Waals surface area contributed by atoms with Gasteiger partial charge in [0.25, 0.3) is 0 Å². The summed E-state index contributed by atoms with van der Waals surface area (Å²) < 4.78 is 0. The Morgan fingerprint density at radius 1 is 0.789 bits per heavy atom. The van der Waals surface area contributed by atoms with Crippen LogP contribution in [0.2, 0.25) is 0 Å². The average Bonchev–Trinajstić information content (AvgIpc) is 2.40. The van der Waals surface area contributed by atoms with Crippen LogP contribution >= 0.6 is 0 Å². The molecular formula is C18H39N. The van der Waals surface area contributed by atoms with Crippen molar-refractivity contribution < 1.29 is 0 Å². The van der Waals surface area contributed by atoms with E-state index in [0.717, 1.165) is 6.42 Å². The Morgan fingerprint density at radius 2 is 1.21 bits per heavy atom. The highest BCUT2D eigenvalue weighted by atomic mass is 14.7. The van der Waals surface area contributed by atoms with Crippen molar-refractivity contribution in [3.8, 4) is 0 Å². The third-order valence-corrected chi connectivity index (χ3v) is 4.88. The normalized spacial score (nSPS) is 16.3. The summed E-state index contributed by atoms with van der Waals surface area (Å²) in [6, 6.07) is 0. The van der Waals surface area contributed by atoms with Gasteiger partial charge in [0, 0.05) is 5.54 Å². The van der Waals surface area contributed by atoms with Crippen LogP contribution in [0.4, 0.5) is 0 Å². The van der Waals surface area contributed by atoms with Crippen molar-refractivity contribution in [2.75, 3.05) is 0 Å². The third kappa shape index (κ3) is 10.4. The molecule has 116 valence electrons. The second-order valence-electron chi connectivity index (χ2n) is 6.73. The lowest BCUT2D eigenvalue weighted by molar-refractivity contribution is 0.282. The van der Waals surface area contributed by atoms with E-state index in [1.807, 2.05) is 0 Å². The fourth-order valence-electron chi connectivity index (χ4n) is 2.62. The smallest absolute Gasteiger partial charge is 0.0149 e. The van der Waals surface area contributed by atoms with Gasteiger partial charge in [-0.1, -0.05) is 85.0 Å². The van der Waals surface area contributed by atoms with E-state index >= 15 is 0 Å². The lowest BCUT2D eigenvalue weighted by Crippen LogP contribution is -2.42. The van der Waals surface area contributed by atoms with Gasteiger partial charge < -0.3 is 5.73 Å². The van der Waals surface area contributed by atoms with Gasteiger partial charge >= 0.3 is 0 Å². The van der Waals surface area contributed by atoms with E-state index in [1.165, 1.54) is 70.6 Å². The maximum absolute atomic E-state index is 6.28. The molecule has 1 nitrogen and oxygen atoms in total. The third-order valence-electron chi connectivity index (χ3n) is 4.88. The molecule has 0 saturated carbocycles. The quantitative estimate of drug-likeness (QED) is 0.404. The SMILES string of the molecule is CCCCCCCCCCCCC(C)C(C)(N)CC. The molecule has 19 heavy (non-hydrogen) atoms. The summed E-state index contributed by atoms with van der Waals surface area (Å²) in [7, 11) is 0. The topological polar surface area (TPSA) is 26.0 Å². The molecule has 0 saturated heterocycles. The van der Waals surface area contributed by atoms with Gasteiger partial charge in [-0.25, -0.2) is 0 Å². The van der Waals surface area contributed by atoms with Gasteiger partial charge in [0.1, 0.15) is 0 Å². The molecule has 2 atom stereocenters. The van der Waals surface area contributed by atoms with Crippen molar-refractivity contribution in [2.24, 2.45) is 11.7 Å². The van der Waals surface area contributed by atoms with E-state index in [0.29, 0.717) is 5.92 Å². The Kier molecular flexibility index (Phi) is 11.7. The van der Waals surface area contributed by atoms with Crippen LogP contribution in [0, 0.1) is 5.92 Å². The number of unbranched alkanes of at least 4 members (excludes halogenated alkanes) is 9. The summed E-state index contributed by atoms with van der Waals surface area (Å²) in [5.74, 6) is 0.659. The second kappa shape index (κ2) is 11.8. The highest BCUT2D eigenvalue weighted by Crippen LogP contribution is 2.23. The lowest BCUT2D eigenvalue weighted by Gasteiger charge is -2.30. The average molecular weight is 270 g/mol. The van der Waals surface area contributed by atoms with Gasteiger partial charge in [-0.05, 0) is 25.7 Å². The summed E-state index contributed by atoms with van der Waals surface area (Å²) in [6.07, 6.45) is 16.6. The summed E-state index contributed by atoms with van der Waals surface area (Å²) in [6.45, 7) is 9.01. The minimum Gasteiger partial charge on any atom is -0.325 e. The van der Waals surface area contributed by atoms with Crippen molar-refractivity contribution in [3.05, 3.63) is 0 Å². The van der Waals surface area contributed by atoms with Crippen molar-refractivity contribution in [1.82, 2.24) is 0 Å². The van der Waals surface area contributed by atoms with E-state index in [9.17, 15) is 0 Å². The zero-order valence-electron chi connectivity index (χ0n) is 14.1. The highest BCUT2D eigenvalue weighted by molar-refractivity contribution is 4.82. The Bertz CT molecular complexity index is 186. The minimum atomic E-state index is 0.0410. The molecule has 2 unspecified atom stereocenters. The number of hydrogen-bond acceptors (Lipinski definition) is 1. The summed E-state index contributed by atoms with van der Waals surface area (Å²) in [5, 5.41) is 0. The first-order valence-corrected chi connectivity index (χ1v) is 8.83. The molecule has 0 amide bonds. The van der Waals surface area contributed by atoms with Crippen molar-refractivity contribution >= 4 is 0 Å². The summed E-state index contributed by atoms with van der Waals surface area (Å²) in [4.78, 5) is 0. The number of rotatable bonds is 13. The first-order valence-electron chi connectivity index (χ1n) is 8.83. The van der Waals surface area contributed by atoms with E-state index in [4.69, 9.17) is 5.73 Å². The molecule has 0 aromatic carbocycles. The fraction of sp³-hybridized carbons (Fsp3) is 1.00. The van der Waals surface area contributed by atoms with E-state index in [-0.39, 0.29) is 5.54 Å². The molecule has 0 spiro atoms. The van der Waals surface area contributed by atoms with Gasteiger partial charge in [0.2, 0.25) is 0 Å². The predicted octanol–water partition coefficient (Wildman–Crippen LogP) is 6.06. The van der Waals surface area contributed by atoms with Crippen LogP contribution in [0.3, 0.4) is 0 Å². The molecule has 1 heteroatoms. The molecule has 0 rings (SSSR count). The molecule has 0 aromatic rings. The molecule has 0 aliphatic heterocycles. The number of nitrogens with two attached hydrogens (primary N) is 1. The Morgan fingerprint density at radius 3 is 1.63 bits per heavy atom. The number of hydrogen-bond donors (Lipinski definition) is 1. The van der Waals surface area contributed by atoms with Crippen molar-refractivity contribution in [1.29, 1.82) is 0 Å². The van der Waals surface area contributed by atoms with Gasteiger partial charge in [-0.15, -0.1) is 0 Å². The highest BCUT2D eigenvalue weighted by Gasteiger charge is 2.23. The summed E-state index contributed by atoms with van der Waals surface area (Å²) in [5.41, 5.74) is 6.32. The molecule has 0 aliphatic rings. The van der Waals surface area contributed by atoms with Crippen molar-refractivity contribution in [2.45, 2.75) is 110 Å². The van der Waals surface area contributed by atoms with Crippen LogP contribution in [-0.2, 0) is 0 Å². The van der Waals surface area contributed by atoms with Crippen LogP contribution < -0.4 is 5.73 Å². The van der Waals surface area contributed by atoms with E-state index in [2.05, 4.69) is 27.7 Å². The molecule has 0 fully saturated rings.